The van der Waals surface area contributed by atoms with Crippen LogP contribution in [0.1, 0.15) is 42.7 Å². The number of nitrogens with zero attached hydrogens (tertiary/aromatic N) is 1. The molecule has 6 nitrogen and oxygen atoms in total. The molecule has 1 saturated heterocycles. The van der Waals surface area contributed by atoms with Gasteiger partial charge in [0.25, 0.3) is 0 Å². The fourth-order valence-electron chi connectivity index (χ4n) is 4.46. The average Bonchev–Trinajstić information content (AvgIpc) is 3.21. The van der Waals surface area contributed by atoms with Crippen molar-refractivity contribution in [2.75, 3.05) is 13.1 Å². The van der Waals surface area contributed by atoms with Gasteiger partial charge in [0.15, 0.2) is 0 Å². The van der Waals surface area contributed by atoms with E-state index in [1.165, 1.54) is 5.56 Å². The number of nitrogens with two attached hydrogens (primary N) is 1. The maximum Gasteiger partial charge on any atom is 0.318 e. The van der Waals surface area contributed by atoms with Gasteiger partial charge in [-0.3, -0.25) is 4.79 Å². The Morgan fingerprint density at radius 3 is 2.43 bits per heavy atom. The average molecular weight is 405 g/mol. The summed E-state index contributed by atoms with van der Waals surface area (Å²) in [5.41, 5.74) is 8.97. The second-order valence-electron chi connectivity index (χ2n) is 8.08. The molecule has 4 rings (SSSR count). The summed E-state index contributed by atoms with van der Waals surface area (Å²) in [5.74, 6) is -0.308. The smallest absolute Gasteiger partial charge is 0.318 e. The molecule has 0 saturated carbocycles. The minimum atomic E-state index is -0.774. The van der Waals surface area contributed by atoms with Crippen LogP contribution in [0.2, 0.25) is 0 Å². The van der Waals surface area contributed by atoms with Gasteiger partial charge in [-0.1, -0.05) is 55.5 Å². The van der Waals surface area contributed by atoms with Crippen molar-refractivity contribution >= 4 is 22.8 Å². The lowest BCUT2D eigenvalue weighted by atomic mass is 9.89. The summed E-state index contributed by atoms with van der Waals surface area (Å²) in [4.78, 5) is 30.1. The van der Waals surface area contributed by atoms with Crippen molar-refractivity contribution in [1.82, 2.24) is 15.2 Å². The van der Waals surface area contributed by atoms with E-state index in [-0.39, 0.29) is 11.9 Å². The van der Waals surface area contributed by atoms with Crippen molar-refractivity contribution in [3.8, 4) is 0 Å². The number of primary amides is 1. The number of para-hydroxylation sites is 1. The van der Waals surface area contributed by atoms with Crippen LogP contribution in [0.15, 0.2) is 60.8 Å². The molecular weight excluding hydrogens is 376 g/mol. The first-order chi connectivity index (χ1) is 14.5. The molecule has 30 heavy (non-hydrogen) atoms. The summed E-state index contributed by atoms with van der Waals surface area (Å²) >= 11 is 0. The van der Waals surface area contributed by atoms with Crippen molar-refractivity contribution in [3.63, 3.8) is 0 Å². The maximum atomic E-state index is 12.9. The molecule has 0 bridgehead atoms. The van der Waals surface area contributed by atoms with Gasteiger partial charge in [-0.05, 0) is 36.0 Å². The third-order valence-electron chi connectivity index (χ3n) is 6.25. The van der Waals surface area contributed by atoms with Crippen LogP contribution in [-0.2, 0) is 4.79 Å². The number of carbonyl (C=O) groups excluding carboxylic acids is 2. The van der Waals surface area contributed by atoms with Crippen molar-refractivity contribution in [2.24, 2.45) is 5.73 Å². The molecule has 1 aromatic heterocycles. The fraction of sp³-hybridized carbons (Fsp3) is 0.333. The van der Waals surface area contributed by atoms with Gasteiger partial charge in [-0.25, -0.2) is 4.79 Å². The summed E-state index contributed by atoms with van der Waals surface area (Å²) < 4.78 is 0. The molecule has 0 spiro atoms. The van der Waals surface area contributed by atoms with E-state index in [1.807, 2.05) is 43.5 Å². The normalized spacial score (nSPS) is 16.9. The number of amides is 3. The van der Waals surface area contributed by atoms with Crippen molar-refractivity contribution in [3.05, 3.63) is 71.9 Å². The van der Waals surface area contributed by atoms with Gasteiger partial charge in [-0.15, -0.1) is 0 Å². The summed E-state index contributed by atoms with van der Waals surface area (Å²) in [7, 11) is 0. The number of fused-ring (bicyclic) bond motifs is 1. The van der Waals surface area contributed by atoms with E-state index >= 15 is 0 Å². The molecule has 1 fully saturated rings. The molecule has 0 radical (unpaired) electrons. The van der Waals surface area contributed by atoms with Crippen molar-refractivity contribution in [2.45, 2.75) is 37.6 Å². The predicted molar refractivity (Wildman–Crippen MR) is 118 cm³/mol. The van der Waals surface area contributed by atoms with Gasteiger partial charge < -0.3 is 20.9 Å². The molecule has 156 valence electrons. The standard InChI is InChI=1S/C24H28N4O2/c1-16(20-15-26-21-10-6-5-9-19(20)21)22(23(25)29)27-24(30)28-13-11-18(12-14-28)17-7-3-2-4-8-17/h2-10,15-16,18,22,26H,11-14H2,1H3,(H2,25,29)(H,27,30)/t16-,22+/m0/s1. The highest BCUT2D eigenvalue weighted by Gasteiger charge is 2.31. The van der Waals surface area contributed by atoms with Crippen LogP contribution in [0, 0.1) is 0 Å². The highest BCUT2D eigenvalue weighted by molar-refractivity contribution is 5.89. The Balaban J connectivity index is 1.42. The summed E-state index contributed by atoms with van der Waals surface area (Å²) in [5, 5.41) is 3.93. The molecular formula is C24H28N4O2. The number of hydrogen-bond donors (Lipinski definition) is 3. The van der Waals surface area contributed by atoms with E-state index in [9.17, 15) is 9.59 Å². The van der Waals surface area contributed by atoms with E-state index in [1.54, 1.807) is 4.90 Å². The second-order valence-corrected chi connectivity index (χ2v) is 8.08. The summed E-state index contributed by atoms with van der Waals surface area (Å²) in [6.45, 7) is 3.25. The van der Waals surface area contributed by atoms with Gasteiger partial charge >= 0.3 is 6.03 Å². The second kappa shape index (κ2) is 8.61. The third kappa shape index (κ3) is 4.03. The summed E-state index contributed by atoms with van der Waals surface area (Å²) in [6, 6.07) is 17.3. The molecule has 0 aliphatic carbocycles. The van der Waals surface area contributed by atoms with Crippen molar-refractivity contribution < 1.29 is 9.59 Å². The Morgan fingerprint density at radius 1 is 1.07 bits per heavy atom. The SMILES string of the molecule is C[C@@H](c1c[nH]c2ccccc12)[C@@H](NC(=O)N1CCC(c2ccccc2)CC1)C(N)=O. The van der Waals surface area contributed by atoms with E-state index in [4.69, 9.17) is 5.73 Å². The molecule has 4 N–H and O–H groups in total. The predicted octanol–water partition coefficient (Wildman–Crippen LogP) is 3.71. The maximum absolute atomic E-state index is 12.9. The number of benzene rings is 2. The van der Waals surface area contributed by atoms with Crippen LogP contribution in [0.4, 0.5) is 4.79 Å². The number of hydrogen-bond acceptors (Lipinski definition) is 2. The number of rotatable bonds is 5. The summed E-state index contributed by atoms with van der Waals surface area (Å²) in [6.07, 6.45) is 3.72. The Labute approximate surface area is 176 Å². The van der Waals surface area contributed by atoms with Crippen molar-refractivity contribution in [1.29, 1.82) is 0 Å². The first-order valence-electron chi connectivity index (χ1n) is 10.5. The number of likely N-dealkylation sites (tertiary alicyclic amines) is 1. The number of aromatic amines is 1. The molecule has 1 aliphatic heterocycles. The van der Waals surface area contributed by atoms with Crippen LogP contribution in [0.5, 0.6) is 0 Å². The number of H-pyrrole nitrogens is 1. The van der Waals surface area contributed by atoms with Crippen LogP contribution in [0.25, 0.3) is 10.9 Å². The molecule has 3 amide bonds. The Bertz CT molecular complexity index is 1020. The molecule has 0 unspecified atom stereocenters. The lowest BCUT2D eigenvalue weighted by molar-refractivity contribution is -0.120. The number of aromatic nitrogens is 1. The topological polar surface area (TPSA) is 91.2 Å². The Kier molecular flexibility index (Phi) is 5.74. The lowest BCUT2D eigenvalue weighted by Gasteiger charge is -2.34. The van der Waals surface area contributed by atoms with Crippen LogP contribution >= 0.6 is 0 Å². The van der Waals surface area contributed by atoms with Crippen LogP contribution in [-0.4, -0.2) is 41.0 Å². The molecule has 6 heteroatoms. The molecule has 3 aromatic rings. The number of urea groups is 1. The fourth-order valence-corrected chi connectivity index (χ4v) is 4.46. The molecule has 1 aliphatic rings. The molecule has 2 aromatic carbocycles. The number of nitrogens with one attached hydrogen (secondary N) is 2. The minimum absolute atomic E-state index is 0.225. The molecule has 2 heterocycles. The van der Waals surface area contributed by atoms with E-state index < -0.39 is 11.9 Å². The monoisotopic (exact) mass is 404 g/mol. The van der Waals surface area contributed by atoms with E-state index in [0.29, 0.717) is 19.0 Å². The van der Waals surface area contributed by atoms with Gasteiger partial charge in [-0.2, -0.15) is 0 Å². The zero-order chi connectivity index (χ0) is 21.1. The minimum Gasteiger partial charge on any atom is -0.368 e. The first kappa shape index (κ1) is 20.0. The highest BCUT2D eigenvalue weighted by Crippen LogP contribution is 2.29. The van der Waals surface area contributed by atoms with Gasteiger partial charge in [0.05, 0.1) is 0 Å². The van der Waals surface area contributed by atoms with Gasteiger partial charge in [0, 0.05) is 36.1 Å². The Hall–Kier alpha value is -3.28. The number of piperidine rings is 1. The zero-order valence-electron chi connectivity index (χ0n) is 17.2. The highest BCUT2D eigenvalue weighted by atomic mass is 16.2. The third-order valence-corrected chi connectivity index (χ3v) is 6.25. The number of carbonyl (C=O) groups is 2. The quantitative estimate of drug-likeness (QED) is 0.605. The van der Waals surface area contributed by atoms with E-state index in [0.717, 1.165) is 29.3 Å². The first-order valence-corrected chi connectivity index (χ1v) is 10.5. The zero-order valence-corrected chi connectivity index (χ0v) is 17.2. The van der Waals surface area contributed by atoms with Gasteiger partial charge in [0.2, 0.25) is 5.91 Å². The largest absolute Gasteiger partial charge is 0.368 e. The van der Waals surface area contributed by atoms with E-state index in [2.05, 4.69) is 34.6 Å². The van der Waals surface area contributed by atoms with Crippen LogP contribution < -0.4 is 11.1 Å². The Morgan fingerprint density at radius 2 is 1.73 bits per heavy atom. The van der Waals surface area contributed by atoms with Crippen LogP contribution in [0.3, 0.4) is 0 Å². The lowest BCUT2D eigenvalue weighted by Crippen LogP contribution is -2.53. The molecule has 2 atom stereocenters. The van der Waals surface area contributed by atoms with Gasteiger partial charge in [0.1, 0.15) is 6.04 Å².